The van der Waals surface area contributed by atoms with Crippen molar-refractivity contribution in [3.05, 3.63) is 83.2 Å². The summed E-state index contributed by atoms with van der Waals surface area (Å²) in [5, 5.41) is 2.01. The number of fused-ring (bicyclic) bond motifs is 1. The first-order chi connectivity index (χ1) is 10.1. The largest absolute Gasteiger partial charge is 0.204 e. The minimum absolute atomic E-state index is 0.336. The SMILES string of the molecule is Fc1cc(C(Br)c2cccc3ccccc23)cc(F)c1F. The molecule has 106 valence electrons. The van der Waals surface area contributed by atoms with Crippen molar-refractivity contribution in [3.63, 3.8) is 0 Å². The molecule has 0 amide bonds. The molecular formula is C17H10BrF3. The van der Waals surface area contributed by atoms with Crippen LogP contribution in [0.15, 0.2) is 54.6 Å². The second-order valence-corrected chi connectivity index (χ2v) is 5.65. The van der Waals surface area contributed by atoms with Crippen molar-refractivity contribution < 1.29 is 13.2 Å². The highest BCUT2D eigenvalue weighted by Gasteiger charge is 2.18. The van der Waals surface area contributed by atoms with Crippen molar-refractivity contribution in [2.45, 2.75) is 4.83 Å². The van der Waals surface area contributed by atoms with Crippen molar-refractivity contribution in [1.29, 1.82) is 0 Å². The van der Waals surface area contributed by atoms with Gasteiger partial charge in [0.2, 0.25) is 0 Å². The highest BCUT2D eigenvalue weighted by Crippen LogP contribution is 2.36. The number of halogens is 4. The summed E-state index contributed by atoms with van der Waals surface area (Å²) >= 11 is 3.45. The minimum Gasteiger partial charge on any atom is -0.204 e. The Hall–Kier alpha value is -1.81. The topological polar surface area (TPSA) is 0 Å². The first kappa shape index (κ1) is 14.1. The number of alkyl halides is 1. The smallest absolute Gasteiger partial charge is 0.194 e. The summed E-state index contributed by atoms with van der Waals surface area (Å²) in [4.78, 5) is -0.423. The highest BCUT2D eigenvalue weighted by molar-refractivity contribution is 9.09. The van der Waals surface area contributed by atoms with Crippen molar-refractivity contribution in [3.8, 4) is 0 Å². The molecule has 21 heavy (non-hydrogen) atoms. The maximum absolute atomic E-state index is 13.4. The predicted octanol–water partition coefficient (Wildman–Crippen LogP) is 5.74. The summed E-state index contributed by atoms with van der Waals surface area (Å²) in [7, 11) is 0. The zero-order valence-corrected chi connectivity index (χ0v) is 12.4. The molecule has 0 bridgehead atoms. The Morgan fingerprint density at radius 3 is 2.14 bits per heavy atom. The van der Waals surface area contributed by atoms with Gasteiger partial charge in [0, 0.05) is 0 Å². The molecule has 1 unspecified atom stereocenters. The fraction of sp³-hybridized carbons (Fsp3) is 0.0588. The average molecular weight is 351 g/mol. The van der Waals surface area contributed by atoms with Crippen molar-refractivity contribution in [2.75, 3.05) is 0 Å². The maximum atomic E-state index is 13.4. The predicted molar refractivity (Wildman–Crippen MR) is 81.0 cm³/mol. The van der Waals surface area contributed by atoms with Gasteiger partial charge in [-0.05, 0) is 34.0 Å². The number of hydrogen-bond acceptors (Lipinski definition) is 0. The average Bonchev–Trinajstić information content (AvgIpc) is 2.51. The van der Waals surface area contributed by atoms with Gasteiger partial charge in [-0.2, -0.15) is 0 Å². The van der Waals surface area contributed by atoms with Gasteiger partial charge in [0.1, 0.15) is 0 Å². The van der Waals surface area contributed by atoms with Crippen LogP contribution in [-0.2, 0) is 0 Å². The molecule has 0 aliphatic heterocycles. The summed E-state index contributed by atoms with van der Waals surface area (Å²) in [6, 6.07) is 15.5. The summed E-state index contributed by atoms with van der Waals surface area (Å²) in [5.74, 6) is -3.82. The molecule has 0 aromatic heterocycles. The lowest BCUT2D eigenvalue weighted by molar-refractivity contribution is 0.445. The Morgan fingerprint density at radius 1 is 0.810 bits per heavy atom. The Morgan fingerprint density at radius 2 is 1.43 bits per heavy atom. The number of rotatable bonds is 2. The van der Waals surface area contributed by atoms with E-state index in [-0.39, 0.29) is 0 Å². The van der Waals surface area contributed by atoms with E-state index in [4.69, 9.17) is 0 Å². The van der Waals surface area contributed by atoms with Crippen LogP contribution in [0, 0.1) is 17.5 Å². The van der Waals surface area contributed by atoms with Crippen molar-refractivity contribution in [1.82, 2.24) is 0 Å². The van der Waals surface area contributed by atoms with Crippen LogP contribution >= 0.6 is 15.9 Å². The molecule has 4 heteroatoms. The molecule has 1 atom stereocenters. The second-order valence-electron chi connectivity index (χ2n) is 4.73. The highest BCUT2D eigenvalue weighted by atomic mass is 79.9. The molecule has 0 saturated carbocycles. The molecule has 0 spiro atoms. The standard InChI is InChI=1S/C17H10BrF3/c18-16(11-8-14(19)17(21)15(20)9-11)13-7-3-5-10-4-1-2-6-12(10)13/h1-9,16H. The Labute approximate surface area is 128 Å². The molecule has 0 nitrogen and oxygen atoms in total. The molecule has 0 radical (unpaired) electrons. The van der Waals surface area contributed by atoms with E-state index < -0.39 is 22.3 Å². The van der Waals surface area contributed by atoms with Crippen LogP contribution in [-0.4, -0.2) is 0 Å². The van der Waals surface area contributed by atoms with Gasteiger partial charge in [0.05, 0.1) is 4.83 Å². The van der Waals surface area contributed by atoms with Crippen LogP contribution in [0.4, 0.5) is 13.2 Å². The molecule has 3 aromatic carbocycles. The molecule has 3 aromatic rings. The third kappa shape index (κ3) is 2.56. The molecule has 0 fully saturated rings. The zero-order chi connectivity index (χ0) is 15.0. The molecule has 0 aliphatic rings. The first-order valence-corrected chi connectivity index (χ1v) is 7.25. The van der Waals surface area contributed by atoms with Gasteiger partial charge in [0.25, 0.3) is 0 Å². The lowest BCUT2D eigenvalue weighted by Crippen LogP contribution is -1.99. The van der Waals surface area contributed by atoms with Gasteiger partial charge in [-0.3, -0.25) is 0 Å². The van der Waals surface area contributed by atoms with Gasteiger partial charge < -0.3 is 0 Å². The lowest BCUT2D eigenvalue weighted by Gasteiger charge is -2.14. The molecule has 0 aliphatic carbocycles. The van der Waals surface area contributed by atoms with Crippen LogP contribution in [0.2, 0.25) is 0 Å². The van der Waals surface area contributed by atoms with Gasteiger partial charge >= 0.3 is 0 Å². The summed E-state index contributed by atoms with van der Waals surface area (Å²) in [6.45, 7) is 0. The molecule has 3 rings (SSSR count). The number of hydrogen-bond donors (Lipinski definition) is 0. The fourth-order valence-electron chi connectivity index (χ4n) is 2.37. The third-order valence-electron chi connectivity index (χ3n) is 3.40. The summed E-state index contributed by atoms with van der Waals surface area (Å²) in [6.07, 6.45) is 0. The van der Waals surface area contributed by atoms with Gasteiger partial charge in [-0.15, -0.1) is 0 Å². The van der Waals surface area contributed by atoms with Gasteiger partial charge in [0.15, 0.2) is 17.5 Å². The van der Waals surface area contributed by atoms with E-state index in [1.165, 1.54) is 0 Å². The first-order valence-electron chi connectivity index (χ1n) is 6.34. The summed E-state index contributed by atoms with van der Waals surface area (Å²) < 4.78 is 39.9. The molecule has 0 heterocycles. The molecular weight excluding hydrogens is 341 g/mol. The van der Waals surface area contributed by atoms with Gasteiger partial charge in [-0.25, -0.2) is 13.2 Å². The van der Waals surface area contributed by atoms with Gasteiger partial charge in [-0.1, -0.05) is 58.4 Å². The second kappa shape index (κ2) is 5.53. The van der Waals surface area contributed by atoms with Crippen molar-refractivity contribution >= 4 is 26.7 Å². The Balaban J connectivity index is 2.15. The molecule has 0 N–H and O–H groups in total. The Kier molecular flexibility index (Phi) is 3.72. The van der Waals surface area contributed by atoms with E-state index >= 15 is 0 Å². The van der Waals surface area contributed by atoms with Crippen LogP contribution in [0.5, 0.6) is 0 Å². The monoisotopic (exact) mass is 350 g/mol. The van der Waals surface area contributed by atoms with Crippen molar-refractivity contribution in [2.24, 2.45) is 0 Å². The normalized spacial score (nSPS) is 12.6. The summed E-state index contributed by atoms with van der Waals surface area (Å²) in [5.41, 5.74) is 1.21. The maximum Gasteiger partial charge on any atom is 0.194 e. The molecule has 0 saturated heterocycles. The van der Waals surface area contributed by atoms with Crippen LogP contribution in [0.1, 0.15) is 16.0 Å². The Bertz CT molecular complexity index is 786. The van der Waals surface area contributed by atoms with Crippen LogP contribution in [0.3, 0.4) is 0 Å². The van der Waals surface area contributed by atoms with E-state index in [2.05, 4.69) is 15.9 Å². The van der Waals surface area contributed by atoms with E-state index in [0.717, 1.165) is 28.5 Å². The number of benzene rings is 3. The van der Waals surface area contributed by atoms with E-state index in [1.807, 2.05) is 42.5 Å². The lowest BCUT2D eigenvalue weighted by atomic mass is 9.98. The third-order valence-corrected chi connectivity index (χ3v) is 4.42. The van der Waals surface area contributed by atoms with E-state index in [0.29, 0.717) is 5.56 Å². The van der Waals surface area contributed by atoms with E-state index in [1.54, 1.807) is 0 Å². The van der Waals surface area contributed by atoms with Crippen LogP contribution < -0.4 is 0 Å². The van der Waals surface area contributed by atoms with Crippen LogP contribution in [0.25, 0.3) is 10.8 Å². The zero-order valence-electron chi connectivity index (χ0n) is 10.8. The fourth-order valence-corrected chi connectivity index (χ4v) is 3.04. The van der Waals surface area contributed by atoms with E-state index in [9.17, 15) is 13.2 Å². The minimum atomic E-state index is -1.45. The quantitative estimate of drug-likeness (QED) is 0.408.